The van der Waals surface area contributed by atoms with Crippen LogP contribution in [0, 0.1) is 18.6 Å². The minimum Gasteiger partial charge on any atom is -0.494 e. The fourth-order valence-electron chi connectivity index (χ4n) is 3.92. The van der Waals surface area contributed by atoms with Crippen LogP contribution >= 0.6 is 12.2 Å². The van der Waals surface area contributed by atoms with Gasteiger partial charge in [0.05, 0.1) is 13.3 Å². The number of nitrogens with zero attached hydrogens (tertiary/aromatic N) is 5. The first kappa shape index (κ1) is 18.1. The van der Waals surface area contributed by atoms with Crippen molar-refractivity contribution >= 4 is 18.0 Å². The number of aromatic nitrogens is 4. The molecule has 4 rings (SSSR count). The first-order valence-electron chi connectivity index (χ1n) is 9.47. The average molecular weight is 384 g/mol. The predicted molar refractivity (Wildman–Crippen MR) is 108 cm³/mol. The number of fused-ring (bicyclic) bond motifs is 1. The number of rotatable bonds is 5. The Morgan fingerprint density at radius 1 is 1.22 bits per heavy atom. The summed E-state index contributed by atoms with van der Waals surface area (Å²) < 4.78 is 10.1. The Bertz CT molecular complexity index is 1010. The summed E-state index contributed by atoms with van der Waals surface area (Å²) in [4.78, 5) is 6.97. The predicted octanol–water partition coefficient (Wildman–Crippen LogP) is 4.07. The highest BCUT2D eigenvalue weighted by atomic mass is 32.1. The first-order valence-corrected chi connectivity index (χ1v) is 9.88. The second-order valence-corrected chi connectivity index (χ2v) is 7.44. The SMILES string of the molecule is CCOc1ccc([C@H]2CCCN2Cn2nc3nc(C)cc(C)n3c2=S)cc1. The van der Waals surface area contributed by atoms with Crippen LogP contribution in [0.1, 0.15) is 42.8 Å². The molecule has 1 fully saturated rings. The van der Waals surface area contributed by atoms with E-state index in [2.05, 4.69) is 39.2 Å². The van der Waals surface area contributed by atoms with E-state index in [1.54, 1.807) is 0 Å². The molecule has 0 saturated carbocycles. The maximum Gasteiger partial charge on any atom is 0.254 e. The smallest absolute Gasteiger partial charge is 0.254 e. The third-order valence-electron chi connectivity index (χ3n) is 5.12. The third kappa shape index (κ3) is 3.49. The van der Waals surface area contributed by atoms with Gasteiger partial charge in [-0.1, -0.05) is 12.1 Å². The number of likely N-dealkylation sites (tertiary alicyclic amines) is 1. The summed E-state index contributed by atoms with van der Waals surface area (Å²) in [6.07, 6.45) is 2.32. The molecule has 1 aliphatic rings. The van der Waals surface area contributed by atoms with Crippen molar-refractivity contribution in [2.24, 2.45) is 0 Å². The van der Waals surface area contributed by atoms with Crippen molar-refractivity contribution in [1.29, 1.82) is 0 Å². The van der Waals surface area contributed by atoms with Gasteiger partial charge in [0, 0.05) is 24.0 Å². The molecule has 3 heterocycles. The summed E-state index contributed by atoms with van der Waals surface area (Å²) in [5.41, 5.74) is 3.34. The lowest BCUT2D eigenvalue weighted by atomic mass is 10.0. The van der Waals surface area contributed by atoms with Gasteiger partial charge in [-0.15, -0.1) is 5.10 Å². The van der Waals surface area contributed by atoms with Crippen molar-refractivity contribution in [2.45, 2.75) is 46.3 Å². The topological polar surface area (TPSA) is 47.6 Å². The fraction of sp³-hybridized carbons (Fsp3) is 0.450. The zero-order valence-corrected chi connectivity index (χ0v) is 16.9. The maximum atomic E-state index is 5.67. The van der Waals surface area contributed by atoms with E-state index < -0.39 is 0 Å². The van der Waals surface area contributed by atoms with Crippen LogP contribution in [0.5, 0.6) is 5.75 Å². The lowest BCUT2D eigenvalue weighted by Crippen LogP contribution is -2.27. The van der Waals surface area contributed by atoms with Crippen LogP contribution in [0.3, 0.4) is 0 Å². The number of ether oxygens (including phenoxy) is 1. The molecule has 0 unspecified atom stereocenters. The highest BCUT2D eigenvalue weighted by molar-refractivity contribution is 7.71. The maximum absolute atomic E-state index is 5.67. The van der Waals surface area contributed by atoms with Crippen LogP contribution in [0.25, 0.3) is 5.78 Å². The number of hydrogen-bond acceptors (Lipinski definition) is 5. The van der Waals surface area contributed by atoms with E-state index >= 15 is 0 Å². The van der Waals surface area contributed by atoms with Gasteiger partial charge in [0.15, 0.2) is 0 Å². The van der Waals surface area contributed by atoms with Crippen LogP contribution in [-0.4, -0.2) is 37.2 Å². The van der Waals surface area contributed by atoms with Gasteiger partial charge in [0.1, 0.15) is 5.75 Å². The molecule has 1 aliphatic heterocycles. The zero-order valence-electron chi connectivity index (χ0n) is 16.1. The van der Waals surface area contributed by atoms with Crippen LogP contribution in [0.15, 0.2) is 30.3 Å². The molecule has 0 radical (unpaired) electrons. The number of hydrogen-bond donors (Lipinski definition) is 0. The minimum atomic E-state index is 0.378. The monoisotopic (exact) mass is 383 g/mol. The molecule has 27 heavy (non-hydrogen) atoms. The Morgan fingerprint density at radius 2 is 2.00 bits per heavy atom. The largest absolute Gasteiger partial charge is 0.494 e. The van der Waals surface area contributed by atoms with Crippen LogP contribution in [0.4, 0.5) is 0 Å². The lowest BCUT2D eigenvalue weighted by molar-refractivity contribution is 0.190. The van der Waals surface area contributed by atoms with Crippen LogP contribution < -0.4 is 4.74 Å². The second kappa shape index (κ2) is 7.40. The highest BCUT2D eigenvalue weighted by Crippen LogP contribution is 2.33. The van der Waals surface area contributed by atoms with Crippen molar-refractivity contribution in [3.8, 4) is 5.75 Å². The summed E-state index contributed by atoms with van der Waals surface area (Å²) in [6, 6.07) is 10.9. The van der Waals surface area contributed by atoms with Gasteiger partial charge in [0.2, 0.25) is 4.77 Å². The number of aryl methyl sites for hydroxylation is 2. The van der Waals surface area contributed by atoms with E-state index in [-0.39, 0.29) is 0 Å². The Kier molecular flexibility index (Phi) is 4.97. The van der Waals surface area contributed by atoms with Crippen molar-refractivity contribution in [1.82, 2.24) is 24.1 Å². The summed E-state index contributed by atoms with van der Waals surface area (Å²) in [5, 5.41) is 4.67. The molecule has 2 aromatic heterocycles. The average Bonchev–Trinajstić information content (AvgIpc) is 3.21. The molecule has 1 saturated heterocycles. The molecular weight excluding hydrogens is 358 g/mol. The van der Waals surface area contributed by atoms with Crippen molar-refractivity contribution < 1.29 is 4.74 Å². The Balaban J connectivity index is 1.60. The van der Waals surface area contributed by atoms with Gasteiger partial charge in [-0.3, -0.25) is 9.30 Å². The first-order chi connectivity index (χ1) is 13.1. The van der Waals surface area contributed by atoms with Crippen molar-refractivity contribution in [2.75, 3.05) is 13.2 Å². The summed E-state index contributed by atoms with van der Waals surface area (Å²) in [5.74, 6) is 1.60. The number of benzene rings is 1. The van der Waals surface area contributed by atoms with E-state index in [9.17, 15) is 0 Å². The molecule has 1 atom stereocenters. The van der Waals surface area contributed by atoms with E-state index in [4.69, 9.17) is 17.0 Å². The Labute approximate surface area is 164 Å². The van der Waals surface area contributed by atoms with E-state index in [0.29, 0.717) is 29.9 Å². The highest BCUT2D eigenvalue weighted by Gasteiger charge is 2.27. The normalized spacial score (nSPS) is 17.7. The third-order valence-corrected chi connectivity index (χ3v) is 5.52. The summed E-state index contributed by atoms with van der Waals surface area (Å²) in [7, 11) is 0. The molecule has 0 spiro atoms. The lowest BCUT2D eigenvalue weighted by Gasteiger charge is -2.24. The molecule has 0 bridgehead atoms. The Morgan fingerprint density at radius 3 is 2.74 bits per heavy atom. The quantitative estimate of drug-likeness (QED) is 0.622. The molecule has 1 aromatic carbocycles. The van der Waals surface area contributed by atoms with Crippen molar-refractivity contribution in [3.05, 3.63) is 52.1 Å². The molecular formula is C20H25N5OS. The van der Waals surface area contributed by atoms with E-state index in [1.165, 1.54) is 12.0 Å². The fourth-order valence-corrected chi connectivity index (χ4v) is 4.25. The van der Waals surface area contributed by atoms with E-state index in [1.807, 2.05) is 35.9 Å². The second-order valence-electron chi connectivity index (χ2n) is 7.07. The molecule has 0 aliphatic carbocycles. The van der Waals surface area contributed by atoms with Crippen LogP contribution in [-0.2, 0) is 6.67 Å². The van der Waals surface area contributed by atoms with Gasteiger partial charge in [0.25, 0.3) is 5.78 Å². The Hall–Kier alpha value is -2.25. The summed E-state index contributed by atoms with van der Waals surface area (Å²) >= 11 is 5.67. The van der Waals surface area contributed by atoms with Crippen molar-refractivity contribution in [3.63, 3.8) is 0 Å². The standard InChI is InChI=1S/C20H25N5OS/c1-4-26-17-9-7-16(8-10-17)18-6-5-11-23(18)13-24-20(27)25-15(3)12-14(2)21-19(25)22-24/h7-10,12,18H,4-6,11,13H2,1-3H3/t18-/m1/s1. The van der Waals surface area contributed by atoms with Gasteiger partial charge in [-0.2, -0.15) is 0 Å². The van der Waals surface area contributed by atoms with E-state index in [0.717, 1.165) is 30.1 Å². The van der Waals surface area contributed by atoms with Gasteiger partial charge in [-0.05, 0) is 69.6 Å². The zero-order chi connectivity index (χ0) is 19.0. The molecule has 3 aromatic rings. The van der Waals surface area contributed by atoms with Crippen LogP contribution in [0.2, 0.25) is 0 Å². The minimum absolute atomic E-state index is 0.378. The molecule has 7 heteroatoms. The molecule has 6 nitrogen and oxygen atoms in total. The molecule has 0 amide bonds. The summed E-state index contributed by atoms with van der Waals surface area (Å²) in [6.45, 7) is 8.44. The van der Waals surface area contributed by atoms with Gasteiger partial charge >= 0.3 is 0 Å². The molecule has 0 N–H and O–H groups in total. The molecule has 142 valence electrons. The van der Waals surface area contributed by atoms with Gasteiger partial charge in [-0.25, -0.2) is 9.67 Å². The van der Waals surface area contributed by atoms with Gasteiger partial charge < -0.3 is 4.74 Å².